The summed E-state index contributed by atoms with van der Waals surface area (Å²) in [5.41, 5.74) is 1.20. The highest BCUT2D eigenvalue weighted by atomic mass is 16.7. The molecule has 0 unspecified atom stereocenters. The van der Waals surface area contributed by atoms with E-state index in [0.717, 1.165) is 18.3 Å². The lowest BCUT2D eigenvalue weighted by molar-refractivity contribution is 0.0503. The van der Waals surface area contributed by atoms with Crippen LogP contribution in [0.1, 0.15) is 18.4 Å². The van der Waals surface area contributed by atoms with Crippen LogP contribution in [0.15, 0.2) is 24.3 Å². The Morgan fingerprint density at radius 2 is 2.13 bits per heavy atom. The highest BCUT2D eigenvalue weighted by Crippen LogP contribution is 2.22. The second-order valence-corrected chi connectivity index (χ2v) is 3.81. The second-order valence-electron chi connectivity index (χ2n) is 3.81. The summed E-state index contributed by atoms with van der Waals surface area (Å²) in [5, 5.41) is 3.47. The van der Waals surface area contributed by atoms with Gasteiger partial charge in [0.2, 0.25) is 0 Å². The van der Waals surface area contributed by atoms with Gasteiger partial charge in [-0.2, -0.15) is 0 Å². The van der Waals surface area contributed by atoms with Gasteiger partial charge in [-0.1, -0.05) is 18.2 Å². The van der Waals surface area contributed by atoms with Crippen LogP contribution in [0.25, 0.3) is 0 Å². The second kappa shape index (κ2) is 5.14. The van der Waals surface area contributed by atoms with Crippen LogP contribution in [-0.4, -0.2) is 19.9 Å². The number of para-hydroxylation sites is 1. The van der Waals surface area contributed by atoms with Crippen LogP contribution in [0, 0.1) is 0 Å². The molecule has 3 heteroatoms. The summed E-state index contributed by atoms with van der Waals surface area (Å²) >= 11 is 0. The van der Waals surface area contributed by atoms with E-state index < -0.39 is 0 Å². The molecule has 1 aromatic rings. The number of methoxy groups -OCH3 is 1. The maximum absolute atomic E-state index is 5.48. The fourth-order valence-corrected chi connectivity index (χ4v) is 1.45. The molecule has 0 spiro atoms. The number of rotatable bonds is 6. The van der Waals surface area contributed by atoms with Crippen LogP contribution in [0.2, 0.25) is 0 Å². The van der Waals surface area contributed by atoms with Gasteiger partial charge in [0.1, 0.15) is 5.75 Å². The van der Waals surface area contributed by atoms with Crippen molar-refractivity contribution in [3.05, 3.63) is 29.8 Å². The Hall–Kier alpha value is -1.06. The Bertz CT molecular complexity index is 310. The zero-order valence-corrected chi connectivity index (χ0v) is 9.03. The maximum atomic E-state index is 5.48. The molecule has 3 nitrogen and oxygen atoms in total. The molecule has 0 atom stereocenters. The van der Waals surface area contributed by atoms with E-state index in [1.54, 1.807) is 7.11 Å². The molecule has 2 rings (SSSR count). The Morgan fingerprint density at radius 1 is 1.33 bits per heavy atom. The smallest absolute Gasteiger partial charge is 0.188 e. The molecule has 0 aromatic heterocycles. The molecule has 0 bridgehead atoms. The van der Waals surface area contributed by atoms with Gasteiger partial charge in [-0.15, -0.1) is 0 Å². The van der Waals surface area contributed by atoms with E-state index >= 15 is 0 Å². The molecule has 15 heavy (non-hydrogen) atoms. The molecule has 0 heterocycles. The quantitative estimate of drug-likeness (QED) is 0.723. The Balaban J connectivity index is 1.93. The van der Waals surface area contributed by atoms with Crippen molar-refractivity contribution in [1.82, 2.24) is 5.32 Å². The monoisotopic (exact) mass is 207 g/mol. The SMILES string of the molecule is COCOc1ccccc1CNC1CC1. The highest BCUT2D eigenvalue weighted by Gasteiger charge is 2.20. The predicted octanol–water partition coefficient (Wildman–Crippen LogP) is 1.92. The van der Waals surface area contributed by atoms with Crippen LogP contribution in [-0.2, 0) is 11.3 Å². The van der Waals surface area contributed by atoms with E-state index in [9.17, 15) is 0 Å². The summed E-state index contributed by atoms with van der Waals surface area (Å²) in [6.07, 6.45) is 2.61. The molecule has 0 saturated heterocycles. The molecular formula is C12H17NO2. The van der Waals surface area contributed by atoms with E-state index in [0.29, 0.717) is 6.79 Å². The molecule has 1 aromatic carbocycles. The first kappa shape index (κ1) is 10.5. The normalized spacial score (nSPS) is 15.3. The van der Waals surface area contributed by atoms with Crippen molar-refractivity contribution in [2.24, 2.45) is 0 Å². The zero-order chi connectivity index (χ0) is 10.5. The van der Waals surface area contributed by atoms with Crippen molar-refractivity contribution in [2.75, 3.05) is 13.9 Å². The minimum Gasteiger partial charge on any atom is -0.467 e. The highest BCUT2D eigenvalue weighted by molar-refractivity contribution is 5.33. The first-order chi connectivity index (χ1) is 7.40. The molecule has 1 aliphatic carbocycles. The van der Waals surface area contributed by atoms with Crippen LogP contribution in [0.3, 0.4) is 0 Å². The largest absolute Gasteiger partial charge is 0.467 e. The summed E-state index contributed by atoms with van der Waals surface area (Å²) in [6.45, 7) is 1.19. The fourth-order valence-electron chi connectivity index (χ4n) is 1.45. The Morgan fingerprint density at radius 3 is 2.87 bits per heavy atom. The van der Waals surface area contributed by atoms with Gasteiger partial charge in [-0.3, -0.25) is 0 Å². The fraction of sp³-hybridized carbons (Fsp3) is 0.500. The first-order valence-corrected chi connectivity index (χ1v) is 5.33. The van der Waals surface area contributed by atoms with Crippen molar-refractivity contribution < 1.29 is 9.47 Å². The molecule has 1 aliphatic rings. The van der Waals surface area contributed by atoms with Crippen molar-refractivity contribution in [1.29, 1.82) is 0 Å². The van der Waals surface area contributed by atoms with E-state index in [1.165, 1.54) is 18.4 Å². The summed E-state index contributed by atoms with van der Waals surface area (Å²) in [4.78, 5) is 0. The zero-order valence-electron chi connectivity index (χ0n) is 9.03. The lowest BCUT2D eigenvalue weighted by Gasteiger charge is -2.10. The minimum absolute atomic E-state index is 0.306. The minimum atomic E-state index is 0.306. The molecule has 0 amide bonds. The maximum Gasteiger partial charge on any atom is 0.188 e. The van der Waals surface area contributed by atoms with Crippen molar-refractivity contribution in [3.8, 4) is 5.75 Å². The van der Waals surface area contributed by atoms with Crippen LogP contribution in [0.5, 0.6) is 5.75 Å². The van der Waals surface area contributed by atoms with Gasteiger partial charge >= 0.3 is 0 Å². The van der Waals surface area contributed by atoms with E-state index in [-0.39, 0.29) is 0 Å². The van der Waals surface area contributed by atoms with Gasteiger partial charge in [-0.05, 0) is 18.9 Å². The summed E-state index contributed by atoms with van der Waals surface area (Å²) < 4.78 is 10.4. The molecule has 1 saturated carbocycles. The molecular weight excluding hydrogens is 190 g/mol. The van der Waals surface area contributed by atoms with Gasteiger partial charge in [0.05, 0.1) is 0 Å². The van der Waals surface area contributed by atoms with E-state index in [4.69, 9.17) is 9.47 Å². The Kier molecular flexibility index (Phi) is 3.59. The topological polar surface area (TPSA) is 30.5 Å². The third kappa shape index (κ3) is 3.22. The van der Waals surface area contributed by atoms with Crippen molar-refractivity contribution in [3.63, 3.8) is 0 Å². The first-order valence-electron chi connectivity index (χ1n) is 5.33. The van der Waals surface area contributed by atoms with Gasteiger partial charge in [0.25, 0.3) is 0 Å². The lowest BCUT2D eigenvalue weighted by atomic mass is 10.2. The standard InChI is InChI=1S/C12H17NO2/c1-14-9-15-12-5-3-2-4-10(12)8-13-11-6-7-11/h2-5,11,13H,6-9H2,1H3. The molecule has 0 aliphatic heterocycles. The summed E-state index contributed by atoms with van der Waals surface area (Å²) in [6, 6.07) is 8.79. The number of hydrogen-bond acceptors (Lipinski definition) is 3. The van der Waals surface area contributed by atoms with Crippen LogP contribution < -0.4 is 10.1 Å². The number of ether oxygens (including phenoxy) is 2. The molecule has 82 valence electrons. The number of nitrogens with one attached hydrogen (secondary N) is 1. The van der Waals surface area contributed by atoms with Gasteiger partial charge < -0.3 is 14.8 Å². The van der Waals surface area contributed by atoms with E-state index in [2.05, 4.69) is 11.4 Å². The van der Waals surface area contributed by atoms with Gasteiger partial charge in [-0.25, -0.2) is 0 Å². The number of benzene rings is 1. The van der Waals surface area contributed by atoms with Crippen LogP contribution >= 0.6 is 0 Å². The molecule has 1 fully saturated rings. The van der Waals surface area contributed by atoms with Crippen molar-refractivity contribution in [2.45, 2.75) is 25.4 Å². The summed E-state index contributed by atoms with van der Waals surface area (Å²) in [5.74, 6) is 0.910. The van der Waals surface area contributed by atoms with Crippen LogP contribution in [0.4, 0.5) is 0 Å². The summed E-state index contributed by atoms with van der Waals surface area (Å²) in [7, 11) is 1.63. The predicted molar refractivity (Wildman–Crippen MR) is 58.8 cm³/mol. The third-order valence-corrected chi connectivity index (χ3v) is 2.46. The molecule has 0 radical (unpaired) electrons. The number of hydrogen-bond donors (Lipinski definition) is 1. The average molecular weight is 207 g/mol. The third-order valence-electron chi connectivity index (χ3n) is 2.46. The van der Waals surface area contributed by atoms with Gasteiger partial charge in [0.15, 0.2) is 6.79 Å². The lowest BCUT2D eigenvalue weighted by Crippen LogP contribution is -2.16. The van der Waals surface area contributed by atoms with Crippen molar-refractivity contribution >= 4 is 0 Å². The molecule has 1 N–H and O–H groups in total. The van der Waals surface area contributed by atoms with Gasteiger partial charge in [0, 0.05) is 25.3 Å². The Labute approximate surface area is 90.4 Å². The van der Waals surface area contributed by atoms with E-state index in [1.807, 2.05) is 18.2 Å². The average Bonchev–Trinajstić information content (AvgIpc) is 3.08.